The van der Waals surface area contributed by atoms with E-state index in [1.165, 1.54) is 4.90 Å². The number of hydrogen-bond donors (Lipinski definition) is 1. The second-order valence-electron chi connectivity index (χ2n) is 6.83. The molecule has 2 aliphatic heterocycles. The van der Waals surface area contributed by atoms with E-state index in [0.29, 0.717) is 32.1 Å². The van der Waals surface area contributed by atoms with E-state index in [4.69, 9.17) is 4.74 Å². The highest BCUT2D eigenvalue weighted by atomic mass is 16.5. The molecule has 2 aliphatic rings. The minimum absolute atomic E-state index is 0.0279. The van der Waals surface area contributed by atoms with Crippen molar-refractivity contribution in [3.05, 3.63) is 12.1 Å². The number of imide groups is 1. The van der Waals surface area contributed by atoms with Gasteiger partial charge in [0, 0.05) is 59.1 Å². The SMILES string of the molecule is CN(C)c1ccc(OC2CCN(C(=O)CCN3CCC(=O)NC3=O)C2)nn1. The number of nitrogens with one attached hydrogen (secondary N) is 1. The van der Waals surface area contributed by atoms with Crippen molar-refractivity contribution in [1.82, 2.24) is 25.3 Å². The van der Waals surface area contributed by atoms with Crippen molar-refractivity contribution in [2.75, 3.05) is 45.2 Å². The molecule has 27 heavy (non-hydrogen) atoms. The van der Waals surface area contributed by atoms with E-state index >= 15 is 0 Å². The first-order valence-corrected chi connectivity index (χ1v) is 8.96. The van der Waals surface area contributed by atoms with Gasteiger partial charge in [-0.15, -0.1) is 10.2 Å². The number of amides is 4. The smallest absolute Gasteiger partial charge is 0.324 e. The highest BCUT2D eigenvalue weighted by molar-refractivity contribution is 5.96. The number of nitrogens with zero attached hydrogens (tertiary/aromatic N) is 5. The van der Waals surface area contributed by atoms with Gasteiger partial charge in [0.1, 0.15) is 6.10 Å². The molecule has 0 aliphatic carbocycles. The maximum absolute atomic E-state index is 12.4. The molecule has 10 nitrogen and oxygen atoms in total. The molecular weight excluding hydrogens is 352 g/mol. The average Bonchev–Trinajstić information content (AvgIpc) is 3.10. The quantitative estimate of drug-likeness (QED) is 0.736. The molecule has 1 unspecified atom stereocenters. The Labute approximate surface area is 157 Å². The second-order valence-corrected chi connectivity index (χ2v) is 6.83. The summed E-state index contributed by atoms with van der Waals surface area (Å²) in [5.74, 6) is 0.882. The van der Waals surface area contributed by atoms with E-state index in [0.717, 1.165) is 12.2 Å². The van der Waals surface area contributed by atoms with Gasteiger partial charge in [-0.3, -0.25) is 14.9 Å². The van der Waals surface area contributed by atoms with Gasteiger partial charge < -0.3 is 19.4 Å². The van der Waals surface area contributed by atoms with Crippen molar-refractivity contribution in [1.29, 1.82) is 0 Å². The van der Waals surface area contributed by atoms with Crippen LogP contribution in [0.3, 0.4) is 0 Å². The Morgan fingerprint density at radius 3 is 2.78 bits per heavy atom. The lowest BCUT2D eigenvalue weighted by Gasteiger charge is -2.27. The summed E-state index contributed by atoms with van der Waals surface area (Å²) >= 11 is 0. The summed E-state index contributed by atoms with van der Waals surface area (Å²) in [7, 11) is 3.77. The lowest BCUT2D eigenvalue weighted by molar-refractivity contribution is -0.130. The molecule has 1 aromatic rings. The minimum atomic E-state index is -0.429. The van der Waals surface area contributed by atoms with Crippen LogP contribution in [0.5, 0.6) is 5.88 Å². The van der Waals surface area contributed by atoms with Crippen LogP contribution in [0.4, 0.5) is 10.6 Å². The molecule has 1 atom stereocenters. The summed E-state index contributed by atoms with van der Waals surface area (Å²) < 4.78 is 5.82. The number of rotatable bonds is 6. The van der Waals surface area contributed by atoms with Crippen molar-refractivity contribution in [2.45, 2.75) is 25.4 Å². The first-order chi connectivity index (χ1) is 12.9. The van der Waals surface area contributed by atoms with Crippen LogP contribution in [-0.2, 0) is 9.59 Å². The molecule has 2 saturated heterocycles. The Balaban J connectivity index is 1.44. The minimum Gasteiger partial charge on any atom is -0.471 e. The summed E-state index contributed by atoms with van der Waals surface area (Å²) in [6.45, 7) is 1.75. The number of hydrogen-bond acceptors (Lipinski definition) is 7. The molecule has 1 aromatic heterocycles. The van der Waals surface area contributed by atoms with Gasteiger partial charge in [0.2, 0.25) is 17.7 Å². The van der Waals surface area contributed by atoms with Crippen LogP contribution in [0.1, 0.15) is 19.3 Å². The van der Waals surface area contributed by atoms with Crippen molar-refractivity contribution in [3.63, 3.8) is 0 Å². The molecule has 4 amide bonds. The number of likely N-dealkylation sites (tertiary alicyclic amines) is 1. The van der Waals surface area contributed by atoms with Crippen molar-refractivity contribution in [2.24, 2.45) is 0 Å². The summed E-state index contributed by atoms with van der Waals surface area (Å²) in [4.78, 5) is 40.3. The van der Waals surface area contributed by atoms with Crippen molar-refractivity contribution < 1.29 is 19.1 Å². The Hall–Kier alpha value is -2.91. The largest absolute Gasteiger partial charge is 0.471 e. The lowest BCUT2D eigenvalue weighted by Crippen LogP contribution is -2.50. The molecule has 3 heterocycles. The zero-order chi connectivity index (χ0) is 19.4. The van der Waals surface area contributed by atoms with Crippen LogP contribution >= 0.6 is 0 Å². The van der Waals surface area contributed by atoms with E-state index in [9.17, 15) is 14.4 Å². The third kappa shape index (κ3) is 4.83. The highest BCUT2D eigenvalue weighted by Crippen LogP contribution is 2.18. The third-order valence-electron chi connectivity index (χ3n) is 4.61. The molecule has 10 heteroatoms. The van der Waals surface area contributed by atoms with Gasteiger partial charge in [-0.1, -0.05) is 0 Å². The highest BCUT2D eigenvalue weighted by Gasteiger charge is 2.29. The Morgan fingerprint density at radius 2 is 2.11 bits per heavy atom. The number of aromatic nitrogens is 2. The second kappa shape index (κ2) is 8.19. The van der Waals surface area contributed by atoms with Crippen LogP contribution in [0, 0.1) is 0 Å². The standard InChI is InChI=1S/C17H24N6O4/c1-21(2)13-3-4-15(20-19-13)27-12-5-8-23(11-12)16(25)7-10-22-9-6-14(24)18-17(22)26/h3-4,12H,5-11H2,1-2H3,(H,18,24,26). The molecule has 1 N–H and O–H groups in total. The van der Waals surface area contributed by atoms with Gasteiger partial charge in [-0.25, -0.2) is 4.79 Å². The van der Waals surface area contributed by atoms with Gasteiger partial charge >= 0.3 is 6.03 Å². The zero-order valence-electron chi connectivity index (χ0n) is 15.6. The Morgan fingerprint density at radius 1 is 1.30 bits per heavy atom. The molecule has 0 aromatic carbocycles. The average molecular weight is 376 g/mol. The number of anilines is 1. The molecule has 0 radical (unpaired) electrons. The lowest BCUT2D eigenvalue weighted by atomic mass is 10.2. The van der Waals surface area contributed by atoms with Crippen molar-refractivity contribution in [3.8, 4) is 5.88 Å². The van der Waals surface area contributed by atoms with E-state index in [-0.39, 0.29) is 30.8 Å². The summed E-state index contributed by atoms with van der Waals surface area (Å²) in [5, 5.41) is 10.4. The summed E-state index contributed by atoms with van der Waals surface area (Å²) in [6, 6.07) is 3.17. The van der Waals surface area contributed by atoms with E-state index in [2.05, 4.69) is 15.5 Å². The fourth-order valence-electron chi connectivity index (χ4n) is 3.04. The van der Waals surface area contributed by atoms with Crippen LogP contribution in [0.2, 0.25) is 0 Å². The summed E-state index contributed by atoms with van der Waals surface area (Å²) in [5.41, 5.74) is 0. The molecular formula is C17H24N6O4. The van der Waals surface area contributed by atoms with Gasteiger partial charge in [0.05, 0.1) is 6.54 Å². The fourth-order valence-corrected chi connectivity index (χ4v) is 3.04. The molecule has 0 spiro atoms. The number of ether oxygens (including phenoxy) is 1. The topological polar surface area (TPSA) is 108 Å². The predicted molar refractivity (Wildman–Crippen MR) is 96.3 cm³/mol. The first kappa shape index (κ1) is 18.9. The monoisotopic (exact) mass is 376 g/mol. The van der Waals surface area contributed by atoms with Crippen molar-refractivity contribution >= 4 is 23.7 Å². The normalized spacial score (nSPS) is 19.9. The molecule has 2 fully saturated rings. The molecule has 3 rings (SSSR count). The predicted octanol–water partition coefficient (Wildman–Crippen LogP) is -0.146. The Bertz CT molecular complexity index is 708. The summed E-state index contributed by atoms with van der Waals surface area (Å²) in [6.07, 6.45) is 1.10. The molecule has 146 valence electrons. The van der Waals surface area contributed by atoms with Gasteiger partial charge in [-0.2, -0.15) is 0 Å². The van der Waals surface area contributed by atoms with Gasteiger partial charge in [0.25, 0.3) is 0 Å². The van der Waals surface area contributed by atoms with E-state index < -0.39 is 6.03 Å². The first-order valence-electron chi connectivity index (χ1n) is 8.96. The van der Waals surface area contributed by atoms with Crippen LogP contribution < -0.4 is 15.0 Å². The van der Waals surface area contributed by atoms with Crippen LogP contribution in [-0.4, -0.2) is 84.2 Å². The maximum Gasteiger partial charge on any atom is 0.324 e. The number of urea groups is 1. The third-order valence-corrected chi connectivity index (χ3v) is 4.61. The van der Waals surface area contributed by atoms with E-state index in [1.54, 1.807) is 11.0 Å². The van der Waals surface area contributed by atoms with Gasteiger partial charge in [0.15, 0.2) is 5.82 Å². The molecule has 0 bridgehead atoms. The Kier molecular flexibility index (Phi) is 5.72. The maximum atomic E-state index is 12.4. The molecule has 0 saturated carbocycles. The number of carbonyl (C=O) groups is 3. The number of carbonyl (C=O) groups excluding carboxylic acids is 3. The van der Waals surface area contributed by atoms with Crippen LogP contribution in [0.15, 0.2) is 12.1 Å². The zero-order valence-corrected chi connectivity index (χ0v) is 15.6. The fraction of sp³-hybridized carbons (Fsp3) is 0.588. The van der Waals surface area contributed by atoms with E-state index in [1.807, 2.05) is 25.1 Å². The van der Waals surface area contributed by atoms with Gasteiger partial charge in [-0.05, 0) is 6.07 Å². The van der Waals surface area contributed by atoms with Crippen LogP contribution in [0.25, 0.3) is 0 Å².